The van der Waals surface area contributed by atoms with Gasteiger partial charge in [-0.2, -0.15) is 11.3 Å². The molecule has 0 aliphatic heterocycles. The first kappa shape index (κ1) is 13.3. The molecular weight excluding hydrogens is 310 g/mol. The highest BCUT2D eigenvalue weighted by Gasteiger charge is 2.06. The first-order valence-corrected chi connectivity index (χ1v) is 7.46. The number of hydrogen-bond acceptors (Lipinski definition) is 2. The van der Waals surface area contributed by atoms with Crippen LogP contribution in [0.2, 0.25) is 0 Å². The Bertz CT molecular complexity index is 537. The third-order valence-corrected chi connectivity index (χ3v) is 4.01. The summed E-state index contributed by atoms with van der Waals surface area (Å²) in [5, 5.41) is 7.03. The number of anilines is 1. The molecule has 1 aromatic heterocycles. The summed E-state index contributed by atoms with van der Waals surface area (Å²) in [5.41, 5.74) is 3.21. The molecular formula is C14H14BrNOS. The topological polar surface area (TPSA) is 29.1 Å². The summed E-state index contributed by atoms with van der Waals surface area (Å²) < 4.78 is 0.923. The fourth-order valence-corrected chi connectivity index (χ4v) is 2.92. The number of hydrogen-bond donors (Lipinski definition) is 1. The van der Waals surface area contributed by atoms with Crippen LogP contribution in [0.25, 0.3) is 0 Å². The Labute approximate surface area is 119 Å². The summed E-state index contributed by atoms with van der Waals surface area (Å²) in [7, 11) is 0. The minimum Gasteiger partial charge on any atom is -0.325 e. The molecule has 1 aromatic carbocycles. The molecule has 2 nitrogen and oxygen atoms in total. The number of amides is 1. The predicted molar refractivity (Wildman–Crippen MR) is 80.1 cm³/mol. The fraction of sp³-hybridized carbons (Fsp3) is 0.214. The second kappa shape index (κ2) is 6.16. The van der Waals surface area contributed by atoms with Crippen LogP contribution in [0.1, 0.15) is 17.5 Å². The highest BCUT2D eigenvalue weighted by Crippen LogP contribution is 2.23. The van der Waals surface area contributed by atoms with E-state index in [1.807, 2.05) is 30.5 Å². The van der Waals surface area contributed by atoms with E-state index < -0.39 is 0 Å². The maximum Gasteiger partial charge on any atom is 0.224 e. The van der Waals surface area contributed by atoms with Crippen LogP contribution in [0, 0.1) is 6.92 Å². The van der Waals surface area contributed by atoms with E-state index in [0.29, 0.717) is 6.42 Å². The standard InChI is InChI=1S/C14H14BrNOS/c1-10-2-4-13(12(15)8-10)16-14(17)5-3-11-6-7-18-9-11/h2,4,6-9H,3,5H2,1H3,(H,16,17). The van der Waals surface area contributed by atoms with Gasteiger partial charge >= 0.3 is 0 Å². The van der Waals surface area contributed by atoms with Gasteiger partial charge in [0.1, 0.15) is 0 Å². The van der Waals surface area contributed by atoms with Crippen LogP contribution in [-0.4, -0.2) is 5.91 Å². The summed E-state index contributed by atoms with van der Waals surface area (Å²) in [5.74, 6) is 0.0470. The summed E-state index contributed by atoms with van der Waals surface area (Å²) in [6.07, 6.45) is 1.30. The molecule has 1 heterocycles. The van der Waals surface area contributed by atoms with Crippen molar-refractivity contribution in [3.63, 3.8) is 0 Å². The Morgan fingerprint density at radius 3 is 2.89 bits per heavy atom. The molecule has 2 rings (SSSR count). The zero-order valence-corrected chi connectivity index (χ0v) is 12.5. The average Bonchev–Trinajstić information content (AvgIpc) is 2.83. The minimum atomic E-state index is 0.0470. The van der Waals surface area contributed by atoms with Crippen LogP contribution >= 0.6 is 27.3 Å². The van der Waals surface area contributed by atoms with Gasteiger partial charge in [0.15, 0.2) is 0 Å². The number of carbonyl (C=O) groups is 1. The van der Waals surface area contributed by atoms with Crippen molar-refractivity contribution in [1.29, 1.82) is 0 Å². The average molecular weight is 324 g/mol. The summed E-state index contributed by atoms with van der Waals surface area (Å²) >= 11 is 5.11. The van der Waals surface area contributed by atoms with E-state index in [-0.39, 0.29) is 5.91 Å². The highest BCUT2D eigenvalue weighted by atomic mass is 79.9. The molecule has 0 unspecified atom stereocenters. The number of halogens is 1. The van der Waals surface area contributed by atoms with Crippen LogP contribution in [0.5, 0.6) is 0 Å². The van der Waals surface area contributed by atoms with E-state index in [1.165, 1.54) is 5.56 Å². The summed E-state index contributed by atoms with van der Waals surface area (Å²) in [6.45, 7) is 2.02. The van der Waals surface area contributed by atoms with E-state index in [4.69, 9.17) is 0 Å². The van der Waals surface area contributed by atoms with Crippen LogP contribution < -0.4 is 5.32 Å². The molecule has 94 valence electrons. The van der Waals surface area contributed by atoms with E-state index >= 15 is 0 Å². The molecule has 0 bridgehead atoms. The molecule has 1 N–H and O–H groups in total. The molecule has 0 atom stereocenters. The van der Waals surface area contributed by atoms with E-state index in [1.54, 1.807) is 11.3 Å². The summed E-state index contributed by atoms with van der Waals surface area (Å²) in [4.78, 5) is 11.8. The van der Waals surface area contributed by atoms with E-state index in [9.17, 15) is 4.79 Å². The second-order valence-corrected chi connectivity index (χ2v) is 5.80. The number of aryl methyl sites for hydroxylation is 2. The first-order valence-electron chi connectivity index (χ1n) is 5.72. The Hall–Kier alpha value is -1.13. The maximum absolute atomic E-state index is 11.8. The number of nitrogens with one attached hydrogen (secondary N) is 1. The molecule has 0 fully saturated rings. The SMILES string of the molecule is Cc1ccc(NC(=O)CCc2ccsc2)c(Br)c1. The Morgan fingerprint density at radius 2 is 2.22 bits per heavy atom. The Morgan fingerprint density at radius 1 is 1.39 bits per heavy atom. The Balaban J connectivity index is 1.91. The van der Waals surface area contributed by atoms with Crippen molar-refractivity contribution in [2.45, 2.75) is 19.8 Å². The number of thiophene rings is 1. The van der Waals surface area contributed by atoms with E-state index in [0.717, 1.165) is 22.1 Å². The predicted octanol–water partition coefficient (Wildman–Crippen LogP) is 4.39. The molecule has 0 radical (unpaired) electrons. The van der Waals surface area contributed by atoms with Crippen molar-refractivity contribution < 1.29 is 4.79 Å². The minimum absolute atomic E-state index is 0.0470. The lowest BCUT2D eigenvalue weighted by molar-refractivity contribution is -0.116. The Kier molecular flexibility index (Phi) is 4.55. The third-order valence-electron chi connectivity index (χ3n) is 2.62. The zero-order chi connectivity index (χ0) is 13.0. The molecule has 0 spiro atoms. The lowest BCUT2D eigenvalue weighted by Gasteiger charge is -2.07. The van der Waals surface area contributed by atoms with Gasteiger partial charge in [0.25, 0.3) is 0 Å². The van der Waals surface area contributed by atoms with Crippen LogP contribution in [-0.2, 0) is 11.2 Å². The molecule has 2 aromatic rings. The monoisotopic (exact) mass is 323 g/mol. The van der Waals surface area contributed by atoms with Crippen molar-refractivity contribution in [2.75, 3.05) is 5.32 Å². The fourth-order valence-electron chi connectivity index (χ4n) is 1.63. The van der Waals surface area contributed by atoms with Gasteiger partial charge in [-0.1, -0.05) is 6.07 Å². The smallest absolute Gasteiger partial charge is 0.224 e. The second-order valence-electron chi connectivity index (χ2n) is 4.16. The van der Waals surface area contributed by atoms with Crippen molar-refractivity contribution >= 4 is 38.9 Å². The number of carbonyl (C=O) groups excluding carboxylic acids is 1. The van der Waals surface area contributed by atoms with Gasteiger partial charge in [-0.25, -0.2) is 0 Å². The molecule has 18 heavy (non-hydrogen) atoms. The van der Waals surface area contributed by atoms with Crippen LogP contribution in [0.3, 0.4) is 0 Å². The summed E-state index contributed by atoms with van der Waals surface area (Å²) in [6, 6.07) is 7.95. The number of rotatable bonds is 4. The van der Waals surface area contributed by atoms with Crippen molar-refractivity contribution in [1.82, 2.24) is 0 Å². The lowest BCUT2D eigenvalue weighted by atomic mass is 10.2. The van der Waals surface area contributed by atoms with Gasteiger partial charge < -0.3 is 5.32 Å². The van der Waals surface area contributed by atoms with Gasteiger partial charge in [-0.3, -0.25) is 4.79 Å². The maximum atomic E-state index is 11.8. The molecule has 1 amide bonds. The van der Waals surface area contributed by atoms with Gasteiger partial charge in [-0.15, -0.1) is 0 Å². The molecule has 0 aliphatic rings. The van der Waals surface area contributed by atoms with Gasteiger partial charge in [-0.05, 0) is 69.4 Å². The zero-order valence-electron chi connectivity index (χ0n) is 10.1. The molecule has 0 saturated heterocycles. The van der Waals surface area contributed by atoms with Crippen molar-refractivity contribution in [2.24, 2.45) is 0 Å². The lowest BCUT2D eigenvalue weighted by Crippen LogP contribution is -2.12. The molecule has 0 saturated carbocycles. The van der Waals surface area contributed by atoms with Gasteiger partial charge in [0, 0.05) is 10.9 Å². The number of benzene rings is 1. The molecule has 4 heteroatoms. The highest BCUT2D eigenvalue weighted by molar-refractivity contribution is 9.10. The van der Waals surface area contributed by atoms with Crippen LogP contribution in [0.15, 0.2) is 39.5 Å². The van der Waals surface area contributed by atoms with Crippen LogP contribution in [0.4, 0.5) is 5.69 Å². The quantitative estimate of drug-likeness (QED) is 0.888. The normalized spacial score (nSPS) is 10.3. The van der Waals surface area contributed by atoms with Crippen molar-refractivity contribution in [3.05, 3.63) is 50.6 Å². The van der Waals surface area contributed by atoms with Gasteiger partial charge in [0.05, 0.1) is 5.69 Å². The molecule has 0 aliphatic carbocycles. The van der Waals surface area contributed by atoms with Gasteiger partial charge in [0.2, 0.25) is 5.91 Å². The van der Waals surface area contributed by atoms with Crippen molar-refractivity contribution in [3.8, 4) is 0 Å². The largest absolute Gasteiger partial charge is 0.325 e. The first-order chi connectivity index (χ1) is 8.65. The van der Waals surface area contributed by atoms with E-state index in [2.05, 4.69) is 32.7 Å². The third kappa shape index (κ3) is 3.68.